The minimum atomic E-state index is 0.218. The van der Waals surface area contributed by atoms with Crippen molar-refractivity contribution in [3.8, 4) is 0 Å². The van der Waals surface area contributed by atoms with Gasteiger partial charge in [0.1, 0.15) is 0 Å². The standard InChI is InChI=1S/C12H21N3O/c16-12(9-3-5-13-7-9)14-10-4-6-15(8-10)11-1-2-11/h9-11,13H,1-8H2,(H,14,16). The molecule has 2 unspecified atom stereocenters. The summed E-state index contributed by atoms with van der Waals surface area (Å²) in [6, 6.07) is 1.25. The van der Waals surface area contributed by atoms with E-state index in [1.54, 1.807) is 0 Å². The van der Waals surface area contributed by atoms with E-state index in [9.17, 15) is 4.79 Å². The molecule has 3 fully saturated rings. The van der Waals surface area contributed by atoms with E-state index in [0.29, 0.717) is 6.04 Å². The normalized spacial score (nSPS) is 35.5. The highest BCUT2D eigenvalue weighted by atomic mass is 16.2. The van der Waals surface area contributed by atoms with Gasteiger partial charge in [-0.25, -0.2) is 0 Å². The minimum absolute atomic E-state index is 0.218. The van der Waals surface area contributed by atoms with Crippen LogP contribution in [0.25, 0.3) is 0 Å². The third-order valence-corrected chi connectivity index (χ3v) is 4.06. The van der Waals surface area contributed by atoms with Gasteiger partial charge in [-0.1, -0.05) is 0 Å². The molecular formula is C12H21N3O. The molecule has 1 aliphatic carbocycles. The number of nitrogens with one attached hydrogen (secondary N) is 2. The second-order valence-corrected chi connectivity index (χ2v) is 5.41. The molecule has 3 aliphatic rings. The summed E-state index contributed by atoms with van der Waals surface area (Å²) < 4.78 is 0. The van der Waals surface area contributed by atoms with Gasteiger partial charge >= 0.3 is 0 Å². The number of rotatable bonds is 3. The Hall–Kier alpha value is -0.610. The number of likely N-dealkylation sites (tertiary alicyclic amines) is 1. The first-order valence-electron chi connectivity index (χ1n) is 6.58. The Bertz CT molecular complexity index is 271. The van der Waals surface area contributed by atoms with E-state index in [1.807, 2.05) is 0 Å². The summed E-state index contributed by atoms with van der Waals surface area (Å²) in [5.74, 6) is 0.489. The second-order valence-electron chi connectivity index (χ2n) is 5.41. The van der Waals surface area contributed by atoms with Gasteiger partial charge in [-0.2, -0.15) is 0 Å². The molecule has 90 valence electrons. The minimum Gasteiger partial charge on any atom is -0.352 e. The molecular weight excluding hydrogens is 202 g/mol. The van der Waals surface area contributed by atoms with Crippen LogP contribution >= 0.6 is 0 Å². The van der Waals surface area contributed by atoms with Gasteiger partial charge in [0, 0.05) is 31.7 Å². The third-order valence-electron chi connectivity index (χ3n) is 4.06. The summed E-state index contributed by atoms with van der Waals surface area (Å²) in [6.07, 6.45) is 4.88. The maximum absolute atomic E-state index is 11.9. The van der Waals surface area contributed by atoms with E-state index in [4.69, 9.17) is 0 Å². The van der Waals surface area contributed by atoms with Crippen molar-refractivity contribution in [1.29, 1.82) is 0 Å². The molecule has 2 N–H and O–H groups in total. The lowest BCUT2D eigenvalue weighted by atomic mass is 10.1. The molecule has 0 aromatic carbocycles. The van der Waals surface area contributed by atoms with Crippen molar-refractivity contribution in [3.63, 3.8) is 0 Å². The van der Waals surface area contributed by atoms with E-state index < -0.39 is 0 Å². The molecule has 0 aromatic rings. The SMILES string of the molecule is O=C(NC1CCN(C2CC2)C1)C1CCNC1. The van der Waals surface area contributed by atoms with Gasteiger partial charge in [-0.3, -0.25) is 9.69 Å². The molecule has 4 nitrogen and oxygen atoms in total. The second kappa shape index (κ2) is 4.34. The molecule has 2 heterocycles. The van der Waals surface area contributed by atoms with Gasteiger partial charge in [0.05, 0.1) is 5.92 Å². The first-order valence-corrected chi connectivity index (χ1v) is 6.58. The molecule has 2 atom stereocenters. The number of nitrogens with zero attached hydrogens (tertiary/aromatic N) is 1. The van der Waals surface area contributed by atoms with Crippen LogP contribution in [0.15, 0.2) is 0 Å². The molecule has 0 spiro atoms. The van der Waals surface area contributed by atoms with E-state index in [1.165, 1.54) is 19.4 Å². The Balaban J connectivity index is 1.45. The highest BCUT2D eigenvalue weighted by Crippen LogP contribution is 2.29. The van der Waals surface area contributed by atoms with Crippen molar-refractivity contribution in [1.82, 2.24) is 15.5 Å². The molecule has 1 amide bonds. The number of hydrogen-bond donors (Lipinski definition) is 2. The lowest BCUT2D eigenvalue weighted by Gasteiger charge is -2.17. The largest absolute Gasteiger partial charge is 0.352 e. The lowest BCUT2D eigenvalue weighted by Crippen LogP contribution is -2.41. The smallest absolute Gasteiger partial charge is 0.224 e. The first kappa shape index (κ1) is 10.5. The first-order chi connectivity index (χ1) is 7.83. The Morgan fingerprint density at radius 2 is 2.12 bits per heavy atom. The van der Waals surface area contributed by atoms with Gasteiger partial charge in [-0.15, -0.1) is 0 Å². The molecule has 0 radical (unpaired) electrons. The highest BCUT2D eigenvalue weighted by molar-refractivity contribution is 5.79. The fraction of sp³-hybridized carbons (Fsp3) is 0.917. The number of carbonyl (C=O) groups is 1. The van der Waals surface area contributed by atoms with Crippen molar-refractivity contribution in [2.75, 3.05) is 26.2 Å². The molecule has 16 heavy (non-hydrogen) atoms. The molecule has 3 rings (SSSR count). The fourth-order valence-electron chi connectivity index (χ4n) is 2.87. The van der Waals surface area contributed by atoms with Crippen LogP contribution in [0.1, 0.15) is 25.7 Å². The van der Waals surface area contributed by atoms with Crippen LogP contribution < -0.4 is 10.6 Å². The topological polar surface area (TPSA) is 44.4 Å². The van der Waals surface area contributed by atoms with E-state index in [2.05, 4.69) is 15.5 Å². The highest BCUT2D eigenvalue weighted by Gasteiger charge is 2.35. The monoisotopic (exact) mass is 223 g/mol. The zero-order valence-electron chi connectivity index (χ0n) is 9.74. The molecule has 0 bridgehead atoms. The summed E-state index contributed by atoms with van der Waals surface area (Å²) in [5.41, 5.74) is 0. The van der Waals surface area contributed by atoms with Crippen LogP contribution in [0.2, 0.25) is 0 Å². The van der Waals surface area contributed by atoms with Crippen LogP contribution in [0.4, 0.5) is 0 Å². The average Bonchev–Trinajstić information content (AvgIpc) is 2.82. The predicted octanol–water partition coefficient (Wildman–Crippen LogP) is -0.0512. The van der Waals surface area contributed by atoms with Gasteiger partial charge in [0.15, 0.2) is 0 Å². The summed E-state index contributed by atoms with van der Waals surface area (Å²) in [6.45, 7) is 4.12. The Kier molecular flexibility index (Phi) is 2.86. The summed E-state index contributed by atoms with van der Waals surface area (Å²) >= 11 is 0. The zero-order valence-corrected chi connectivity index (χ0v) is 9.74. The van der Waals surface area contributed by atoms with Crippen molar-refractivity contribution < 1.29 is 4.79 Å². The molecule has 1 saturated carbocycles. The molecule has 2 aliphatic heterocycles. The van der Waals surface area contributed by atoms with Crippen molar-refractivity contribution >= 4 is 5.91 Å². The number of carbonyl (C=O) groups excluding carboxylic acids is 1. The van der Waals surface area contributed by atoms with Crippen LogP contribution in [0.3, 0.4) is 0 Å². The third kappa shape index (κ3) is 2.23. The Morgan fingerprint density at radius 3 is 2.81 bits per heavy atom. The van der Waals surface area contributed by atoms with Crippen LogP contribution in [-0.2, 0) is 4.79 Å². The predicted molar refractivity (Wildman–Crippen MR) is 62.1 cm³/mol. The van der Waals surface area contributed by atoms with E-state index >= 15 is 0 Å². The maximum atomic E-state index is 11.9. The summed E-state index contributed by atoms with van der Waals surface area (Å²) in [7, 11) is 0. The molecule has 2 saturated heterocycles. The van der Waals surface area contributed by atoms with Crippen molar-refractivity contribution in [2.24, 2.45) is 5.92 Å². The van der Waals surface area contributed by atoms with Gasteiger partial charge in [-0.05, 0) is 32.2 Å². The Labute approximate surface area is 96.8 Å². The van der Waals surface area contributed by atoms with Crippen molar-refractivity contribution in [2.45, 2.75) is 37.8 Å². The average molecular weight is 223 g/mol. The summed E-state index contributed by atoms with van der Waals surface area (Å²) in [5, 5.41) is 6.46. The van der Waals surface area contributed by atoms with E-state index in [-0.39, 0.29) is 11.8 Å². The fourth-order valence-corrected chi connectivity index (χ4v) is 2.87. The van der Waals surface area contributed by atoms with Gasteiger partial charge < -0.3 is 10.6 Å². The van der Waals surface area contributed by atoms with Crippen molar-refractivity contribution in [3.05, 3.63) is 0 Å². The van der Waals surface area contributed by atoms with Gasteiger partial charge in [0.25, 0.3) is 0 Å². The number of hydrogen-bond acceptors (Lipinski definition) is 3. The molecule has 0 aromatic heterocycles. The molecule has 4 heteroatoms. The van der Waals surface area contributed by atoms with Crippen LogP contribution in [-0.4, -0.2) is 49.1 Å². The summed E-state index contributed by atoms with van der Waals surface area (Å²) in [4.78, 5) is 14.5. The van der Waals surface area contributed by atoms with E-state index in [0.717, 1.165) is 38.5 Å². The van der Waals surface area contributed by atoms with Gasteiger partial charge in [0.2, 0.25) is 5.91 Å². The zero-order chi connectivity index (χ0) is 11.0. The maximum Gasteiger partial charge on any atom is 0.224 e. The Morgan fingerprint density at radius 1 is 1.25 bits per heavy atom. The van der Waals surface area contributed by atoms with Crippen LogP contribution in [0, 0.1) is 5.92 Å². The quantitative estimate of drug-likeness (QED) is 0.705. The van der Waals surface area contributed by atoms with Crippen LogP contribution in [0.5, 0.6) is 0 Å². The lowest BCUT2D eigenvalue weighted by molar-refractivity contribution is -0.125. The number of amides is 1.